The number of carbonyl (C=O) groups excluding carboxylic acids is 1. The van der Waals surface area contributed by atoms with Crippen molar-refractivity contribution in [2.45, 2.75) is 25.8 Å². The molecule has 0 radical (unpaired) electrons. The summed E-state index contributed by atoms with van der Waals surface area (Å²) < 4.78 is 0. The fourth-order valence-corrected chi connectivity index (χ4v) is 1.66. The molecule has 0 spiro atoms. The first-order valence-corrected chi connectivity index (χ1v) is 5.86. The summed E-state index contributed by atoms with van der Waals surface area (Å²) in [7, 11) is 0. The molecule has 17 heavy (non-hydrogen) atoms. The number of aliphatic hydroxyl groups excluding tert-OH is 1. The van der Waals surface area contributed by atoms with E-state index in [1.807, 2.05) is 6.92 Å². The number of halogens is 1. The fraction of sp³-hybridized carbons (Fsp3) is 0.417. The van der Waals surface area contributed by atoms with E-state index >= 15 is 0 Å². The van der Waals surface area contributed by atoms with Gasteiger partial charge in [0.15, 0.2) is 0 Å². The zero-order chi connectivity index (χ0) is 12.8. The lowest BCUT2D eigenvalue weighted by Crippen LogP contribution is -2.35. The summed E-state index contributed by atoms with van der Waals surface area (Å²) in [5, 5.41) is 21.5. The lowest BCUT2D eigenvalue weighted by atomic mass is 10.1. The topological polar surface area (TPSA) is 69.6 Å². The molecule has 0 aliphatic carbocycles. The van der Waals surface area contributed by atoms with E-state index in [1.165, 1.54) is 18.2 Å². The first kappa shape index (κ1) is 13.8. The van der Waals surface area contributed by atoms with Crippen LogP contribution in [0.25, 0.3) is 0 Å². The van der Waals surface area contributed by atoms with Gasteiger partial charge in [0, 0.05) is 17.7 Å². The molecular weight excluding hydrogens is 242 g/mol. The molecule has 4 nitrogen and oxygen atoms in total. The maximum atomic E-state index is 11.9. The summed E-state index contributed by atoms with van der Waals surface area (Å²) in [6.07, 6.45) is 1.21. The van der Waals surface area contributed by atoms with Crippen LogP contribution in [0, 0.1) is 0 Å². The van der Waals surface area contributed by atoms with Crippen LogP contribution < -0.4 is 5.32 Å². The van der Waals surface area contributed by atoms with Crippen LogP contribution in [0.15, 0.2) is 18.2 Å². The van der Waals surface area contributed by atoms with E-state index in [0.29, 0.717) is 17.9 Å². The van der Waals surface area contributed by atoms with Crippen LogP contribution in [0.2, 0.25) is 5.02 Å². The normalized spacial score (nSPS) is 12.2. The Morgan fingerprint density at radius 3 is 2.82 bits per heavy atom. The maximum absolute atomic E-state index is 11.9. The van der Waals surface area contributed by atoms with Gasteiger partial charge in [0.1, 0.15) is 5.75 Å². The van der Waals surface area contributed by atoms with E-state index in [2.05, 4.69) is 5.32 Å². The Balaban J connectivity index is 2.78. The molecule has 0 bridgehead atoms. The number of phenolic OH excluding ortho intramolecular Hbond substituents is 1. The second kappa shape index (κ2) is 6.47. The number of aliphatic hydroxyl groups is 1. The number of rotatable bonds is 5. The summed E-state index contributed by atoms with van der Waals surface area (Å²) in [5.41, 5.74) is 0.147. The van der Waals surface area contributed by atoms with E-state index in [-0.39, 0.29) is 29.9 Å². The fourth-order valence-electron chi connectivity index (χ4n) is 1.49. The summed E-state index contributed by atoms with van der Waals surface area (Å²) in [6, 6.07) is 4.20. The summed E-state index contributed by atoms with van der Waals surface area (Å²) in [5.74, 6) is -0.490. The van der Waals surface area contributed by atoms with Gasteiger partial charge in [-0.2, -0.15) is 0 Å². The van der Waals surface area contributed by atoms with Gasteiger partial charge in [-0.25, -0.2) is 0 Å². The molecule has 3 N–H and O–H groups in total. The molecule has 5 heteroatoms. The van der Waals surface area contributed by atoms with Crippen molar-refractivity contribution in [1.29, 1.82) is 0 Å². The van der Waals surface area contributed by atoms with Gasteiger partial charge < -0.3 is 15.5 Å². The zero-order valence-electron chi connectivity index (χ0n) is 9.61. The second-order valence-corrected chi connectivity index (χ2v) is 4.19. The monoisotopic (exact) mass is 257 g/mol. The van der Waals surface area contributed by atoms with Crippen molar-refractivity contribution in [2.75, 3.05) is 6.61 Å². The van der Waals surface area contributed by atoms with Crippen molar-refractivity contribution in [1.82, 2.24) is 5.32 Å². The van der Waals surface area contributed by atoms with E-state index in [4.69, 9.17) is 16.7 Å². The van der Waals surface area contributed by atoms with Crippen LogP contribution in [-0.2, 0) is 0 Å². The number of nitrogens with one attached hydrogen (secondary N) is 1. The Kier molecular flexibility index (Phi) is 5.25. The number of hydrogen-bond acceptors (Lipinski definition) is 3. The Morgan fingerprint density at radius 2 is 2.24 bits per heavy atom. The molecule has 0 aromatic heterocycles. The summed E-state index contributed by atoms with van der Waals surface area (Å²) >= 11 is 5.76. The molecule has 1 aromatic carbocycles. The highest BCUT2D eigenvalue weighted by atomic mass is 35.5. The average molecular weight is 258 g/mol. The largest absolute Gasteiger partial charge is 0.507 e. The number of amides is 1. The predicted octanol–water partition coefficient (Wildman–Crippen LogP) is 1.94. The Labute approximate surface area is 105 Å². The minimum atomic E-state index is -0.384. The average Bonchev–Trinajstić information content (AvgIpc) is 2.31. The van der Waals surface area contributed by atoms with Gasteiger partial charge in [-0.3, -0.25) is 4.79 Å². The van der Waals surface area contributed by atoms with Gasteiger partial charge in [0.05, 0.1) is 5.56 Å². The first-order chi connectivity index (χ1) is 8.08. The molecule has 0 saturated carbocycles. The van der Waals surface area contributed by atoms with Gasteiger partial charge in [0.2, 0.25) is 0 Å². The number of hydrogen-bond donors (Lipinski definition) is 3. The molecule has 1 atom stereocenters. The highest BCUT2D eigenvalue weighted by molar-refractivity contribution is 6.31. The number of aromatic hydroxyl groups is 1. The van der Waals surface area contributed by atoms with Crippen LogP contribution in [-0.4, -0.2) is 28.8 Å². The third-order valence-corrected chi connectivity index (χ3v) is 2.74. The number of benzene rings is 1. The molecule has 0 saturated heterocycles. The molecule has 1 rings (SSSR count). The Hall–Kier alpha value is -1.26. The van der Waals surface area contributed by atoms with Crippen LogP contribution in [0.4, 0.5) is 0 Å². The SMILES string of the molecule is CCC(CCO)NC(=O)c1cc(Cl)ccc1O. The zero-order valence-corrected chi connectivity index (χ0v) is 10.4. The van der Waals surface area contributed by atoms with Gasteiger partial charge in [-0.05, 0) is 31.0 Å². The summed E-state index contributed by atoms with van der Waals surface area (Å²) in [4.78, 5) is 11.9. The molecule has 1 aromatic rings. The number of phenols is 1. The van der Waals surface area contributed by atoms with Crippen molar-refractivity contribution in [3.05, 3.63) is 28.8 Å². The molecule has 0 fully saturated rings. The second-order valence-electron chi connectivity index (χ2n) is 3.75. The van der Waals surface area contributed by atoms with E-state index in [0.717, 1.165) is 0 Å². The van der Waals surface area contributed by atoms with Crippen molar-refractivity contribution < 1.29 is 15.0 Å². The molecule has 0 heterocycles. The highest BCUT2D eigenvalue weighted by Crippen LogP contribution is 2.21. The minimum absolute atomic E-state index is 0.0142. The lowest BCUT2D eigenvalue weighted by Gasteiger charge is -2.16. The maximum Gasteiger partial charge on any atom is 0.255 e. The quantitative estimate of drug-likeness (QED) is 0.755. The summed E-state index contributed by atoms with van der Waals surface area (Å²) in [6.45, 7) is 1.93. The van der Waals surface area contributed by atoms with Crippen LogP contribution in [0.3, 0.4) is 0 Å². The van der Waals surface area contributed by atoms with Gasteiger partial charge in [-0.1, -0.05) is 18.5 Å². The van der Waals surface area contributed by atoms with E-state index < -0.39 is 0 Å². The first-order valence-electron chi connectivity index (χ1n) is 5.48. The van der Waals surface area contributed by atoms with Gasteiger partial charge >= 0.3 is 0 Å². The highest BCUT2D eigenvalue weighted by Gasteiger charge is 2.15. The lowest BCUT2D eigenvalue weighted by molar-refractivity contribution is 0.0926. The molecule has 94 valence electrons. The standard InChI is InChI=1S/C12H16ClNO3/c1-2-9(5-6-15)14-12(17)10-7-8(13)3-4-11(10)16/h3-4,7,9,15-16H,2,5-6H2,1H3,(H,14,17). The van der Waals surface area contributed by atoms with E-state index in [9.17, 15) is 9.90 Å². The van der Waals surface area contributed by atoms with Crippen LogP contribution in [0.1, 0.15) is 30.1 Å². The molecular formula is C12H16ClNO3. The molecule has 1 amide bonds. The van der Waals surface area contributed by atoms with Crippen molar-refractivity contribution in [3.63, 3.8) is 0 Å². The van der Waals surface area contributed by atoms with Crippen molar-refractivity contribution in [2.24, 2.45) is 0 Å². The smallest absolute Gasteiger partial charge is 0.255 e. The molecule has 0 aliphatic rings. The Bertz CT molecular complexity index is 395. The third-order valence-electron chi connectivity index (χ3n) is 2.51. The van der Waals surface area contributed by atoms with Crippen molar-refractivity contribution in [3.8, 4) is 5.75 Å². The van der Waals surface area contributed by atoms with Crippen LogP contribution in [0.5, 0.6) is 5.75 Å². The van der Waals surface area contributed by atoms with E-state index in [1.54, 1.807) is 0 Å². The third kappa shape index (κ3) is 3.91. The van der Waals surface area contributed by atoms with Crippen LogP contribution >= 0.6 is 11.6 Å². The predicted molar refractivity (Wildman–Crippen MR) is 66.4 cm³/mol. The van der Waals surface area contributed by atoms with Gasteiger partial charge in [-0.15, -0.1) is 0 Å². The van der Waals surface area contributed by atoms with Gasteiger partial charge in [0.25, 0.3) is 5.91 Å². The Morgan fingerprint density at radius 1 is 1.53 bits per heavy atom. The molecule has 1 unspecified atom stereocenters. The number of carbonyl (C=O) groups is 1. The van der Waals surface area contributed by atoms with Crippen molar-refractivity contribution >= 4 is 17.5 Å². The molecule has 0 aliphatic heterocycles. The minimum Gasteiger partial charge on any atom is -0.507 e.